The Bertz CT molecular complexity index is 1160. The first-order valence-electron chi connectivity index (χ1n) is 9.85. The number of aryl methyl sites for hydroxylation is 4. The van der Waals surface area contributed by atoms with Gasteiger partial charge in [-0.05, 0) is 62.3 Å². The molecule has 2 aromatic heterocycles. The molecule has 5 nitrogen and oxygen atoms in total. The number of benzene rings is 1. The number of thiophene rings is 1. The van der Waals surface area contributed by atoms with Crippen molar-refractivity contribution in [2.75, 3.05) is 5.75 Å². The average Bonchev–Trinajstić information content (AvgIpc) is 3.26. The topological polar surface area (TPSA) is 64.0 Å². The van der Waals surface area contributed by atoms with Gasteiger partial charge in [0.15, 0.2) is 5.16 Å². The normalized spacial score (nSPS) is 14.2. The quantitative estimate of drug-likeness (QED) is 0.492. The van der Waals surface area contributed by atoms with E-state index in [0.29, 0.717) is 5.16 Å². The highest BCUT2D eigenvalue weighted by Crippen LogP contribution is 2.35. The van der Waals surface area contributed by atoms with Crippen molar-refractivity contribution in [1.29, 1.82) is 0 Å². The van der Waals surface area contributed by atoms with E-state index >= 15 is 0 Å². The van der Waals surface area contributed by atoms with E-state index in [9.17, 15) is 9.59 Å². The Balaban J connectivity index is 1.46. The molecule has 1 aromatic carbocycles. The zero-order chi connectivity index (χ0) is 20.7. The van der Waals surface area contributed by atoms with E-state index in [-0.39, 0.29) is 23.3 Å². The van der Waals surface area contributed by atoms with Crippen LogP contribution in [-0.4, -0.2) is 21.2 Å². The van der Waals surface area contributed by atoms with Gasteiger partial charge in [-0.25, -0.2) is 4.98 Å². The number of amides is 1. The summed E-state index contributed by atoms with van der Waals surface area (Å²) in [7, 11) is 1.74. The number of nitrogens with zero attached hydrogens (tertiary/aromatic N) is 2. The van der Waals surface area contributed by atoms with Crippen molar-refractivity contribution in [3.8, 4) is 0 Å². The second-order valence-corrected chi connectivity index (χ2v) is 9.74. The van der Waals surface area contributed by atoms with Gasteiger partial charge in [0.2, 0.25) is 5.91 Å². The van der Waals surface area contributed by atoms with Gasteiger partial charge in [-0.15, -0.1) is 11.3 Å². The summed E-state index contributed by atoms with van der Waals surface area (Å²) in [5.41, 5.74) is 4.74. The fourth-order valence-corrected chi connectivity index (χ4v) is 5.85. The average molecular weight is 428 g/mol. The molecule has 1 unspecified atom stereocenters. The first kappa shape index (κ1) is 20.2. The predicted molar refractivity (Wildman–Crippen MR) is 120 cm³/mol. The van der Waals surface area contributed by atoms with Gasteiger partial charge in [-0.2, -0.15) is 0 Å². The molecule has 2 heterocycles. The van der Waals surface area contributed by atoms with Crippen LogP contribution in [-0.2, 0) is 24.7 Å². The Hall–Kier alpha value is -2.12. The van der Waals surface area contributed by atoms with E-state index in [4.69, 9.17) is 4.98 Å². The minimum absolute atomic E-state index is 0.000747. The van der Waals surface area contributed by atoms with Gasteiger partial charge in [0.1, 0.15) is 4.83 Å². The lowest BCUT2D eigenvalue weighted by Crippen LogP contribution is -2.29. The lowest BCUT2D eigenvalue weighted by atomic mass is 10.0. The van der Waals surface area contributed by atoms with Crippen molar-refractivity contribution in [3.05, 3.63) is 55.7 Å². The van der Waals surface area contributed by atoms with E-state index in [1.807, 2.05) is 6.92 Å². The first-order valence-corrected chi connectivity index (χ1v) is 11.7. The van der Waals surface area contributed by atoms with Crippen molar-refractivity contribution >= 4 is 39.2 Å². The molecule has 7 heteroatoms. The molecule has 0 radical (unpaired) electrons. The molecule has 0 bridgehead atoms. The fraction of sp³-hybridized carbons (Fsp3) is 0.409. The van der Waals surface area contributed by atoms with E-state index in [1.165, 1.54) is 33.3 Å². The Morgan fingerprint density at radius 2 is 2.10 bits per heavy atom. The molecule has 1 amide bonds. The summed E-state index contributed by atoms with van der Waals surface area (Å²) in [5, 5.41) is 4.42. The van der Waals surface area contributed by atoms with Crippen molar-refractivity contribution in [2.24, 2.45) is 7.05 Å². The van der Waals surface area contributed by atoms with Crippen molar-refractivity contribution < 1.29 is 4.79 Å². The van der Waals surface area contributed by atoms with Crippen molar-refractivity contribution in [2.45, 2.75) is 51.2 Å². The lowest BCUT2D eigenvalue weighted by molar-refractivity contribution is -0.119. The van der Waals surface area contributed by atoms with Crippen LogP contribution in [0.15, 0.2) is 28.2 Å². The van der Waals surface area contributed by atoms with E-state index in [0.717, 1.165) is 35.0 Å². The molecule has 1 atom stereocenters. The highest BCUT2D eigenvalue weighted by molar-refractivity contribution is 7.99. The van der Waals surface area contributed by atoms with Gasteiger partial charge in [-0.1, -0.05) is 30.0 Å². The van der Waals surface area contributed by atoms with Gasteiger partial charge in [-0.3, -0.25) is 14.2 Å². The van der Waals surface area contributed by atoms with Crippen LogP contribution in [0, 0.1) is 13.8 Å². The lowest BCUT2D eigenvalue weighted by Gasteiger charge is -2.16. The summed E-state index contributed by atoms with van der Waals surface area (Å²) in [5.74, 6) is 0.162. The van der Waals surface area contributed by atoms with Gasteiger partial charge in [0.25, 0.3) is 5.56 Å². The van der Waals surface area contributed by atoms with Crippen LogP contribution in [0.1, 0.15) is 46.5 Å². The molecule has 1 aliphatic rings. The van der Waals surface area contributed by atoms with Gasteiger partial charge in [0.05, 0.1) is 17.2 Å². The highest BCUT2D eigenvalue weighted by Gasteiger charge is 2.22. The van der Waals surface area contributed by atoms with E-state index in [1.54, 1.807) is 23.0 Å². The molecule has 3 aromatic rings. The molecule has 1 aliphatic carbocycles. The molecule has 0 spiro atoms. The van der Waals surface area contributed by atoms with Gasteiger partial charge in [0, 0.05) is 11.9 Å². The number of hydrogen-bond acceptors (Lipinski definition) is 5. The Morgan fingerprint density at radius 3 is 2.86 bits per heavy atom. The molecule has 4 rings (SSSR count). The number of carbonyl (C=O) groups is 1. The number of hydrogen-bond donors (Lipinski definition) is 1. The monoisotopic (exact) mass is 427 g/mol. The third-order valence-electron chi connectivity index (χ3n) is 5.65. The minimum atomic E-state index is -0.0677. The number of fused-ring (bicyclic) bond motifs is 3. The zero-order valence-corrected chi connectivity index (χ0v) is 18.8. The second-order valence-electron chi connectivity index (χ2n) is 7.72. The summed E-state index contributed by atoms with van der Waals surface area (Å²) in [4.78, 5) is 32.1. The van der Waals surface area contributed by atoms with Crippen LogP contribution in [0.2, 0.25) is 0 Å². The largest absolute Gasteiger partial charge is 0.349 e. The molecule has 0 saturated carbocycles. The second kappa shape index (κ2) is 7.95. The van der Waals surface area contributed by atoms with Gasteiger partial charge >= 0.3 is 0 Å². The SMILES string of the molecule is Cc1ccc(C(C)NC(=O)CSc2nc3sc4c(c3c(=O)n2C)CCC4)cc1C. The standard InChI is InChI=1S/C22H25N3O2S2/c1-12-8-9-15(10-13(12)2)14(3)23-18(26)11-28-22-24-20-19(21(27)25(22)4)16-6-5-7-17(16)29-20/h8-10,14H,5-7,11H2,1-4H3,(H,23,26). The number of thioether (sulfide) groups is 1. The summed E-state index contributed by atoms with van der Waals surface area (Å²) < 4.78 is 1.58. The fourth-order valence-electron chi connectivity index (χ4n) is 3.77. The highest BCUT2D eigenvalue weighted by atomic mass is 32.2. The number of carbonyl (C=O) groups excluding carboxylic acids is 1. The van der Waals surface area contributed by atoms with Crippen molar-refractivity contribution in [3.63, 3.8) is 0 Å². The van der Waals surface area contributed by atoms with Crippen LogP contribution in [0.4, 0.5) is 0 Å². The van der Waals surface area contributed by atoms with Crippen LogP contribution < -0.4 is 10.9 Å². The minimum Gasteiger partial charge on any atom is -0.349 e. The van der Waals surface area contributed by atoms with E-state index < -0.39 is 0 Å². The molecule has 29 heavy (non-hydrogen) atoms. The van der Waals surface area contributed by atoms with Crippen LogP contribution >= 0.6 is 23.1 Å². The van der Waals surface area contributed by atoms with Crippen LogP contribution in [0.25, 0.3) is 10.2 Å². The molecule has 0 saturated heterocycles. The van der Waals surface area contributed by atoms with Gasteiger partial charge < -0.3 is 5.32 Å². The summed E-state index contributed by atoms with van der Waals surface area (Å²) >= 11 is 2.94. The van der Waals surface area contributed by atoms with Crippen LogP contribution in [0.5, 0.6) is 0 Å². The smallest absolute Gasteiger partial charge is 0.262 e. The molecule has 152 valence electrons. The van der Waals surface area contributed by atoms with Crippen LogP contribution in [0.3, 0.4) is 0 Å². The summed E-state index contributed by atoms with van der Waals surface area (Å²) in [6.07, 6.45) is 3.13. The molecular formula is C22H25N3O2S2. The van der Waals surface area contributed by atoms with E-state index in [2.05, 4.69) is 37.4 Å². The Labute approximate surface area is 178 Å². The summed E-state index contributed by atoms with van der Waals surface area (Å²) in [6.45, 7) is 6.14. The molecule has 0 aliphatic heterocycles. The molecule has 1 N–H and O–H groups in total. The molecule has 0 fully saturated rings. The third kappa shape index (κ3) is 3.85. The number of nitrogens with one attached hydrogen (secondary N) is 1. The Morgan fingerprint density at radius 1 is 1.31 bits per heavy atom. The first-order chi connectivity index (χ1) is 13.8. The summed E-state index contributed by atoms with van der Waals surface area (Å²) in [6, 6.07) is 6.18. The zero-order valence-electron chi connectivity index (χ0n) is 17.2. The maximum Gasteiger partial charge on any atom is 0.262 e. The predicted octanol–water partition coefficient (Wildman–Crippen LogP) is 4.07. The maximum absolute atomic E-state index is 12.9. The molecular weight excluding hydrogens is 402 g/mol. The number of rotatable bonds is 5. The maximum atomic E-state index is 12.9. The third-order valence-corrected chi connectivity index (χ3v) is 7.86. The Kier molecular flexibility index (Phi) is 5.53. The van der Waals surface area contributed by atoms with Crippen molar-refractivity contribution in [1.82, 2.24) is 14.9 Å². The number of aromatic nitrogens is 2.